The van der Waals surface area contributed by atoms with Crippen LogP contribution >= 0.6 is 0 Å². The van der Waals surface area contributed by atoms with E-state index in [1.165, 1.54) is 12.0 Å². The van der Waals surface area contributed by atoms with E-state index in [1.54, 1.807) is 0 Å². The van der Waals surface area contributed by atoms with E-state index < -0.39 is 9.84 Å². The van der Waals surface area contributed by atoms with Crippen molar-refractivity contribution in [2.24, 2.45) is 0 Å². The van der Waals surface area contributed by atoms with E-state index in [0.29, 0.717) is 12.2 Å². The summed E-state index contributed by atoms with van der Waals surface area (Å²) in [5, 5.41) is 3.29. The van der Waals surface area contributed by atoms with Crippen LogP contribution in [0.2, 0.25) is 0 Å². The summed E-state index contributed by atoms with van der Waals surface area (Å²) >= 11 is 0. The Bertz CT molecular complexity index is 866. The number of benzene rings is 1. The molecule has 0 radical (unpaired) electrons. The molecule has 1 unspecified atom stereocenters. The maximum Gasteiger partial charge on any atom is 0.152 e. The zero-order valence-electron chi connectivity index (χ0n) is 16.1. The monoisotopic (exact) mass is 389 g/mol. The SMILES string of the molecule is CCN(CC)c1ccc(Nc2cc(N(C)C3CCS(=O)(=O)C3)ncn2)cc1. The minimum Gasteiger partial charge on any atom is -0.372 e. The number of hydrogen-bond donors (Lipinski definition) is 1. The second-order valence-corrected chi connectivity index (χ2v) is 9.00. The van der Waals surface area contributed by atoms with Crippen LogP contribution in [-0.2, 0) is 9.84 Å². The molecule has 0 saturated carbocycles. The molecule has 1 atom stereocenters. The topological polar surface area (TPSA) is 78.4 Å². The number of nitrogens with zero attached hydrogens (tertiary/aromatic N) is 4. The maximum absolute atomic E-state index is 11.7. The van der Waals surface area contributed by atoms with Crippen molar-refractivity contribution in [2.75, 3.05) is 46.8 Å². The number of aromatic nitrogens is 2. The Morgan fingerprint density at radius 2 is 1.85 bits per heavy atom. The average molecular weight is 390 g/mol. The highest BCUT2D eigenvalue weighted by Crippen LogP contribution is 2.24. The normalized spacial score (nSPS) is 18.3. The number of rotatable bonds is 7. The second-order valence-electron chi connectivity index (χ2n) is 6.77. The first kappa shape index (κ1) is 19.4. The predicted molar refractivity (Wildman–Crippen MR) is 111 cm³/mol. The van der Waals surface area contributed by atoms with Gasteiger partial charge in [0.1, 0.15) is 18.0 Å². The average Bonchev–Trinajstić information content (AvgIpc) is 3.03. The van der Waals surface area contributed by atoms with Gasteiger partial charge < -0.3 is 15.1 Å². The Labute approximate surface area is 161 Å². The summed E-state index contributed by atoms with van der Waals surface area (Å²) in [6.45, 7) is 6.23. The molecule has 7 nitrogen and oxygen atoms in total. The zero-order valence-corrected chi connectivity index (χ0v) is 16.9. The third-order valence-corrected chi connectivity index (χ3v) is 6.79. The summed E-state index contributed by atoms with van der Waals surface area (Å²) in [5.41, 5.74) is 2.14. The molecule has 146 valence electrons. The molecular formula is C19H27N5O2S. The van der Waals surface area contributed by atoms with Gasteiger partial charge in [0.2, 0.25) is 0 Å². The van der Waals surface area contributed by atoms with Crippen LogP contribution in [0.15, 0.2) is 36.7 Å². The van der Waals surface area contributed by atoms with Gasteiger partial charge in [-0.05, 0) is 44.5 Å². The fourth-order valence-electron chi connectivity index (χ4n) is 3.37. The Hall–Kier alpha value is -2.35. The summed E-state index contributed by atoms with van der Waals surface area (Å²) in [4.78, 5) is 12.8. The second kappa shape index (κ2) is 8.12. The molecule has 0 spiro atoms. The molecule has 0 aliphatic carbocycles. The highest BCUT2D eigenvalue weighted by atomic mass is 32.2. The Morgan fingerprint density at radius 1 is 1.15 bits per heavy atom. The van der Waals surface area contributed by atoms with E-state index in [1.807, 2.05) is 30.1 Å². The van der Waals surface area contributed by atoms with Crippen LogP contribution in [0.1, 0.15) is 20.3 Å². The van der Waals surface area contributed by atoms with E-state index in [2.05, 4.69) is 46.2 Å². The first-order chi connectivity index (χ1) is 12.9. The van der Waals surface area contributed by atoms with Crippen LogP contribution in [0.3, 0.4) is 0 Å². The number of hydrogen-bond acceptors (Lipinski definition) is 7. The molecule has 1 aromatic heterocycles. The number of anilines is 4. The molecule has 8 heteroatoms. The number of nitrogens with one attached hydrogen (secondary N) is 1. The van der Waals surface area contributed by atoms with Gasteiger partial charge in [0.15, 0.2) is 9.84 Å². The highest BCUT2D eigenvalue weighted by Gasteiger charge is 2.31. The van der Waals surface area contributed by atoms with E-state index in [4.69, 9.17) is 0 Å². The van der Waals surface area contributed by atoms with Crippen molar-refractivity contribution in [1.82, 2.24) is 9.97 Å². The molecule has 27 heavy (non-hydrogen) atoms. The summed E-state index contributed by atoms with van der Waals surface area (Å²) in [6.07, 6.45) is 2.14. The van der Waals surface area contributed by atoms with Gasteiger partial charge in [-0.3, -0.25) is 0 Å². The van der Waals surface area contributed by atoms with Crippen LogP contribution in [0.4, 0.5) is 23.0 Å². The third kappa shape index (κ3) is 4.68. The van der Waals surface area contributed by atoms with Crippen molar-refractivity contribution in [3.05, 3.63) is 36.7 Å². The van der Waals surface area contributed by atoms with Crippen LogP contribution in [0.5, 0.6) is 0 Å². The van der Waals surface area contributed by atoms with Gasteiger partial charge in [0, 0.05) is 43.6 Å². The Balaban J connectivity index is 1.70. The lowest BCUT2D eigenvalue weighted by atomic mass is 10.2. The predicted octanol–water partition coefficient (Wildman–Crippen LogP) is 2.69. The van der Waals surface area contributed by atoms with Gasteiger partial charge in [0.25, 0.3) is 0 Å². The summed E-state index contributed by atoms with van der Waals surface area (Å²) in [5.74, 6) is 1.83. The molecule has 1 saturated heterocycles. The van der Waals surface area contributed by atoms with E-state index in [-0.39, 0.29) is 17.5 Å². The molecule has 1 aliphatic heterocycles. The highest BCUT2D eigenvalue weighted by molar-refractivity contribution is 7.91. The third-order valence-electron chi connectivity index (χ3n) is 5.04. The molecule has 1 N–H and O–H groups in total. The molecule has 1 aromatic carbocycles. The first-order valence-electron chi connectivity index (χ1n) is 9.29. The quantitative estimate of drug-likeness (QED) is 0.780. The maximum atomic E-state index is 11.7. The summed E-state index contributed by atoms with van der Waals surface area (Å²) < 4.78 is 23.5. The molecule has 0 bridgehead atoms. The zero-order chi connectivity index (χ0) is 19.4. The Kier molecular flexibility index (Phi) is 5.84. The van der Waals surface area contributed by atoms with Crippen molar-refractivity contribution in [2.45, 2.75) is 26.3 Å². The minimum absolute atomic E-state index is 0.0360. The van der Waals surface area contributed by atoms with Gasteiger partial charge in [-0.15, -0.1) is 0 Å². The fraction of sp³-hybridized carbons (Fsp3) is 0.474. The standard InChI is InChI=1S/C19H27N5O2S/c1-4-24(5-2)16-8-6-15(7-9-16)22-18-12-19(21-14-20-18)23(3)17-10-11-27(25,26)13-17/h6-9,12,14,17H,4-5,10-11,13H2,1-3H3,(H,20,21,22). The Morgan fingerprint density at radius 3 is 2.44 bits per heavy atom. The lowest BCUT2D eigenvalue weighted by molar-refractivity contribution is 0.600. The lowest BCUT2D eigenvalue weighted by Crippen LogP contribution is -2.33. The van der Waals surface area contributed by atoms with Gasteiger partial charge in [-0.25, -0.2) is 18.4 Å². The van der Waals surface area contributed by atoms with Gasteiger partial charge in [-0.2, -0.15) is 0 Å². The lowest BCUT2D eigenvalue weighted by Gasteiger charge is -2.24. The van der Waals surface area contributed by atoms with Crippen LogP contribution in [-0.4, -0.2) is 56.1 Å². The van der Waals surface area contributed by atoms with Gasteiger partial charge >= 0.3 is 0 Å². The smallest absolute Gasteiger partial charge is 0.152 e. The van der Waals surface area contributed by atoms with Crippen LogP contribution < -0.4 is 15.1 Å². The molecule has 1 aliphatic rings. The molecule has 3 rings (SSSR count). The van der Waals surface area contributed by atoms with Crippen molar-refractivity contribution in [1.29, 1.82) is 0 Å². The van der Waals surface area contributed by atoms with Crippen molar-refractivity contribution < 1.29 is 8.42 Å². The van der Waals surface area contributed by atoms with Crippen LogP contribution in [0.25, 0.3) is 0 Å². The summed E-state index contributed by atoms with van der Waals surface area (Å²) in [7, 11) is -1.04. The number of sulfone groups is 1. The molecule has 2 heterocycles. The largest absolute Gasteiger partial charge is 0.372 e. The molecule has 0 amide bonds. The van der Waals surface area contributed by atoms with Gasteiger partial charge in [-0.1, -0.05) is 0 Å². The first-order valence-corrected chi connectivity index (χ1v) is 11.1. The van der Waals surface area contributed by atoms with E-state index in [0.717, 1.165) is 24.6 Å². The molecule has 1 fully saturated rings. The minimum atomic E-state index is -2.93. The van der Waals surface area contributed by atoms with E-state index in [9.17, 15) is 8.42 Å². The van der Waals surface area contributed by atoms with Crippen LogP contribution in [0, 0.1) is 0 Å². The molecule has 2 aromatic rings. The van der Waals surface area contributed by atoms with Crippen molar-refractivity contribution in [3.8, 4) is 0 Å². The van der Waals surface area contributed by atoms with E-state index >= 15 is 0 Å². The fourth-order valence-corrected chi connectivity index (χ4v) is 5.14. The van der Waals surface area contributed by atoms with Gasteiger partial charge in [0.05, 0.1) is 11.5 Å². The van der Waals surface area contributed by atoms with Crippen molar-refractivity contribution in [3.63, 3.8) is 0 Å². The summed E-state index contributed by atoms with van der Waals surface area (Å²) in [6, 6.07) is 10.1. The van der Waals surface area contributed by atoms with Crippen molar-refractivity contribution >= 4 is 32.8 Å². The molecular weight excluding hydrogens is 362 g/mol.